The highest BCUT2D eigenvalue weighted by Gasteiger charge is 2.42. The number of Topliss-reactive ketones (excluding diaryl/α,β-unsaturated/α-hetero) is 1. The molecule has 0 aliphatic carbocycles. The van der Waals surface area contributed by atoms with Crippen molar-refractivity contribution in [3.63, 3.8) is 0 Å². The summed E-state index contributed by atoms with van der Waals surface area (Å²) in [6, 6.07) is 2.67. The fraction of sp³-hybridized carbons (Fsp3) is 0.364. The van der Waals surface area contributed by atoms with Crippen LogP contribution in [0, 0.1) is 0 Å². The lowest BCUT2D eigenvalue weighted by Gasteiger charge is -2.14. The Kier molecular flexibility index (Phi) is 2.87. The Morgan fingerprint density at radius 2 is 2.12 bits per heavy atom. The predicted octanol–water partition coefficient (Wildman–Crippen LogP) is 2.35. The third kappa shape index (κ3) is 1.90. The van der Waals surface area contributed by atoms with Crippen LogP contribution in [-0.4, -0.2) is 20.8 Å². The van der Waals surface area contributed by atoms with Gasteiger partial charge in [0.05, 0.1) is 5.52 Å². The molecule has 2 aromatic rings. The molecule has 1 aromatic heterocycles. The number of hydrogen-bond donors (Lipinski definition) is 0. The van der Waals surface area contributed by atoms with E-state index in [2.05, 4.69) is 10.3 Å². The molecule has 4 nitrogen and oxygen atoms in total. The molecule has 1 heterocycles. The normalized spacial score (nSPS) is 11.9. The van der Waals surface area contributed by atoms with Crippen LogP contribution in [0.3, 0.4) is 0 Å². The SMILES string of the molecule is CCCC(=O)C(F)(F)n1nnc2ccccc21. The standard InChI is InChI=1S/C11H11F2N3O/c1-2-5-10(17)11(12,13)16-9-7-4-3-6-8(9)14-15-16/h3-4,6-7H,2,5H2,1H3. The second kappa shape index (κ2) is 4.20. The van der Waals surface area contributed by atoms with E-state index >= 15 is 0 Å². The van der Waals surface area contributed by atoms with E-state index in [0.717, 1.165) is 0 Å². The van der Waals surface area contributed by atoms with E-state index in [4.69, 9.17) is 0 Å². The van der Waals surface area contributed by atoms with Crippen LogP contribution in [0.2, 0.25) is 0 Å². The van der Waals surface area contributed by atoms with Crippen molar-refractivity contribution in [2.75, 3.05) is 0 Å². The van der Waals surface area contributed by atoms with Crippen molar-refractivity contribution in [1.82, 2.24) is 15.0 Å². The summed E-state index contributed by atoms with van der Waals surface area (Å²) in [6.07, 6.45) is 0.197. The van der Waals surface area contributed by atoms with Gasteiger partial charge in [-0.25, -0.2) is 0 Å². The predicted molar refractivity (Wildman–Crippen MR) is 57.6 cm³/mol. The van der Waals surface area contributed by atoms with E-state index in [0.29, 0.717) is 16.6 Å². The number of ketones is 1. The van der Waals surface area contributed by atoms with Crippen LogP contribution in [0.4, 0.5) is 8.78 Å². The van der Waals surface area contributed by atoms with Gasteiger partial charge in [-0.1, -0.05) is 24.3 Å². The lowest BCUT2D eigenvalue weighted by molar-refractivity contribution is -0.160. The summed E-state index contributed by atoms with van der Waals surface area (Å²) in [4.78, 5) is 11.4. The van der Waals surface area contributed by atoms with Gasteiger partial charge in [-0.3, -0.25) is 4.79 Å². The van der Waals surface area contributed by atoms with Gasteiger partial charge >= 0.3 is 6.05 Å². The van der Waals surface area contributed by atoms with Crippen molar-refractivity contribution in [2.24, 2.45) is 0 Å². The molecule has 0 saturated carbocycles. The minimum atomic E-state index is -3.63. The minimum absolute atomic E-state index is 0.155. The Hall–Kier alpha value is -1.85. The second-order valence-electron chi connectivity index (χ2n) is 3.70. The van der Waals surface area contributed by atoms with Gasteiger partial charge in [0, 0.05) is 6.42 Å². The number of fused-ring (bicyclic) bond motifs is 1. The van der Waals surface area contributed by atoms with Gasteiger partial charge in [0.25, 0.3) is 0 Å². The molecular formula is C11H11F2N3O. The molecule has 0 aliphatic heterocycles. The fourth-order valence-electron chi connectivity index (χ4n) is 1.57. The fourth-order valence-corrected chi connectivity index (χ4v) is 1.57. The van der Waals surface area contributed by atoms with Gasteiger partial charge in [-0.15, -0.1) is 5.10 Å². The summed E-state index contributed by atoms with van der Waals surface area (Å²) >= 11 is 0. The first kappa shape index (κ1) is 11.6. The molecule has 0 amide bonds. The number of rotatable bonds is 4. The quantitative estimate of drug-likeness (QED) is 0.822. The highest BCUT2D eigenvalue weighted by atomic mass is 19.3. The maximum absolute atomic E-state index is 13.8. The number of halogens is 2. The molecule has 90 valence electrons. The van der Waals surface area contributed by atoms with Crippen molar-refractivity contribution in [1.29, 1.82) is 0 Å². The molecule has 0 saturated heterocycles. The minimum Gasteiger partial charge on any atom is -0.291 e. The zero-order valence-corrected chi connectivity index (χ0v) is 9.23. The number of hydrogen-bond acceptors (Lipinski definition) is 3. The van der Waals surface area contributed by atoms with Gasteiger partial charge in [0.2, 0.25) is 5.78 Å². The third-order valence-corrected chi connectivity index (χ3v) is 2.43. The summed E-state index contributed by atoms with van der Waals surface area (Å²) in [5.41, 5.74) is 0.499. The molecule has 0 fully saturated rings. The first-order valence-corrected chi connectivity index (χ1v) is 5.29. The van der Waals surface area contributed by atoms with Crippen molar-refractivity contribution >= 4 is 16.8 Å². The summed E-state index contributed by atoms with van der Waals surface area (Å²) < 4.78 is 28.0. The maximum Gasteiger partial charge on any atom is 0.404 e. The van der Waals surface area contributed by atoms with Crippen LogP contribution in [0.1, 0.15) is 19.8 Å². The number of carbonyl (C=O) groups is 1. The van der Waals surface area contributed by atoms with Crippen molar-refractivity contribution in [3.8, 4) is 0 Å². The second-order valence-corrected chi connectivity index (χ2v) is 3.70. The molecule has 6 heteroatoms. The Morgan fingerprint density at radius 3 is 2.82 bits per heavy atom. The van der Waals surface area contributed by atoms with E-state index < -0.39 is 11.8 Å². The van der Waals surface area contributed by atoms with Crippen LogP contribution < -0.4 is 0 Å². The topological polar surface area (TPSA) is 47.8 Å². The van der Waals surface area contributed by atoms with E-state index in [1.807, 2.05) is 0 Å². The highest BCUT2D eigenvalue weighted by Crippen LogP contribution is 2.26. The van der Waals surface area contributed by atoms with E-state index in [-0.39, 0.29) is 11.9 Å². The molecule has 0 radical (unpaired) electrons. The van der Waals surface area contributed by atoms with Crippen LogP contribution in [-0.2, 0) is 10.8 Å². The zero-order chi connectivity index (χ0) is 12.5. The highest BCUT2D eigenvalue weighted by molar-refractivity contribution is 5.85. The Morgan fingerprint density at radius 1 is 1.41 bits per heavy atom. The molecule has 0 atom stereocenters. The molecule has 0 unspecified atom stereocenters. The number of nitrogens with zero attached hydrogens (tertiary/aromatic N) is 3. The first-order valence-electron chi connectivity index (χ1n) is 5.29. The smallest absolute Gasteiger partial charge is 0.291 e. The summed E-state index contributed by atoms with van der Waals surface area (Å²) in [5, 5.41) is 6.97. The summed E-state index contributed by atoms with van der Waals surface area (Å²) in [5.74, 6) is -1.14. The van der Waals surface area contributed by atoms with E-state index in [1.165, 1.54) is 6.07 Å². The van der Waals surface area contributed by atoms with Gasteiger partial charge < -0.3 is 0 Å². The number of aromatic nitrogens is 3. The number of alkyl halides is 2. The zero-order valence-electron chi connectivity index (χ0n) is 9.23. The third-order valence-electron chi connectivity index (χ3n) is 2.43. The van der Waals surface area contributed by atoms with Crippen LogP contribution in [0.5, 0.6) is 0 Å². The maximum atomic E-state index is 13.8. The molecule has 0 spiro atoms. The van der Waals surface area contributed by atoms with Crippen molar-refractivity contribution < 1.29 is 13.6 Å². The summed E-state index contributed by atoms with van der Waals surface area (Å²) in [6.45, 7) is 1.67. The Balaban J connectivity index is 2.48. The van der Waals surface area contributed by atoms with Crippen LogP contribution >= 0.6 is 0 Å². The average Bonchev–Trinajstić information content (AvgIpc) is 2.73. The van der Waals surface area contributed by atoms with E-state index in [9.17, 15) is 13.6 Å². The molecule has 17 heavy (non-hydrogen) atoms. The molecule has 0 bridgehead atoms. The lowest BCUT2D eigenvalue weighted by atomic mass is 10.2. The first-order chi connectivity index (χ1) is 8.07. The number of carbonyl (C=O) groups excluding carboxylic acids is 1. The van der Waals surface area contributed by atoms with Crippen LogP contribution in [0.25, 0.3) is 11.0 Å². The van der Waals surface area contributed by atoms with Crippen molar-refractivity contribution in [3.05, 3.63) is 24.3 Å². The molecule has 0 N–H and O–H groups in total. The van der Waals surface area contributed by atoms with Gasteiger partial charge in [0.15, 0.2) is 0 Å². The van der Waals surface area contributed by atoms with Gasteiger partial charge in [0.1, 0.15) is 5.52 Å². The molecule has 1 aromatic carbocycles. The lowest BCUT2D eigenvalue weighted by Crippen LogP contribution is -2.33. The van der Waals surface area contributed by atoms with Crippen LogP contribution in [0.15, 0.2) is 24.3 Å². The molecule has 2 rings (SSSR count). The molecule has 0 aliphatic rings. The number of benzene rings is 1. The average molecular weight is 239 g/mol. The molecular weight excluding hydrogens is 228 g/mol. The monoisotopic (exact) mass is 239 g/mol. The Labute approximate surface area is 96.2 Å². The number of para-hydroxylation sites is 1. The van der Waals surface area contributed by atoms with E-state index in [1.54, 1.807) is 25.1 Å². The summed E-state index contributed by atoms with van der Waals surface area (Å²) in [7, 11) is 0. The van der Waals surface area contributed by atoms with Gasteiger partial charge in [-0.2, -0.15) is 13.5 Å². The largest absolute Gasteiger partial charge is 0.404 e. The van der Waals surface area contributed by atoms with Crippen molar-refractivity contribution in [2.45, 2.75) is 25.8 Å². The Bertz CT molecular complexity index is 550. The van der Waals surface area contributed by atoms with Gasteiger partial charge in [-0.05, 0) is 18.6 Å².